The van der Waals surface area contributed by atoms with Crippen LogP contribution >= 0.6 is 11.3 Å². The highest BCUT2D eigenvalue weighted by Crippen LogP contribution is 2.52. The van der Waals surface area contributed by atoms with Gasteiger partial charge in [-0.1, -0.05) is 61.6 Å². The Bertz CT molecular complexity index is 1320. The number of hydrogen-bond acceptors (Lipinski definition) is 7. The number of carbonyl (C=O) groups excluding carboxylic acids is 1. The van der Waals surface area contributed by atoms with Crippen LogP contribution in [-0.2, 0) is 4.79 Å². The molecule has 7 nitrogen and oxygen atoms in total. The third-order valence-electron chi connectivity index (χ3n) is 5.91. The van der Waals surface area contributed by atoms with Crippen molar-refractivity contribution in [3.63, 3.8) is 0 Å². The zero-order chi connectivity index (χ0) is 23.0. The number of ether oxygens (including phenoxy) is 2. The first kappa shape index (κ1) is 21.1. The summed E-state index contributed by atoms with van der Waals surface area (Å²) in [6.45, 7) is 3.85. The first-order valence-corrected chi connectivity index (χ1v) is 11.4. The van der Waals surface area contributed by atoms with Crippen molar-refractivity contribution in [2.75, 3.05) is 12.4 Å². The molecule has 1 aliphatic rings. The van der Waals surface area contributed by atoms with Crippen LogP contribution in [0.3, 0.4) is 0 Å². The van der Waals surface area contributed by atoms with Crippen LogP contribution in [0.4, 0.5) is 5.13 Å². The van der Waals surface area contributed by atoms with Gasteiger partial charge in [-0.25, -0.2) is 4.98 Å². The van der Waals surface area contributed by atoms with Crippen LogP contribution < -0.4 is 14.8 Å². The molecule has 0 unspecified atom stereocenters. The van der Waals surface area contributed by atoms with E-state index in [1.165, 1.54) is 11.3 Å². The van der Waals surface area contributed by atoms with Crippen molar-refractivity contribution < 1.29 is 14.3 Å². The molecule has 2 aromatic carbocycles. The summed E-state index contributed by atoms with van der Waals surface area (Å²) in [6, 6.07) is 19.4. The summed E-state index contributed by atoms with van der Waals surface area (Å²) in [4.78, 5) is 18.2. The van der Waals surface area contributed by atoms with Crippen molar-refractivity contribution in [1.29, 1.82) is 0 Å². The molecule has 8 heteroatoms. The molecule has 1 atom stereocenters. The van der Waals surface area contributed by atoms with Crippen LogP contribution in [0.5, 0.6) is 17.4 Å². The number of benzene rings is 2. The molecule has 0 saturated heterocycles. The van der Waals surface area contributed by atoms with Gasteiger partial charge in [0, 0.05) is 22.6 Å². The Labute approximate surface area is 195 Å². The van der Waals surface area contributed by atoms with Crippen LogP contribution in [0.2, 0.25) is 0 Å². The lowest BCUT2D eigenvalue weighted by Gasteiger charge is -2.37. The highest BCUT2D eigenvalue weighted by Gasteiger charge is 2.44. The van der Waals surface area contributed by atoms with E-state index in [2.05, 4.69) is 15.5 Å². The van der Waals surface area contributed by atoms with E-state index < -0.39 is 5.41 Å². The molecular formula is C25H22N4O3S. The Morgan fingerprint density at radius 3 is 2.64 bits per heavy atom. The highest BCUT2D eigenvalue weighted by atomic mass is 32.1. The first-order chi connectivity index (χ1) is 16.0. The molecule has 4 aromatic rings. The number of para-hydroxylation sites is 2. The van der Waals surface area contributed by atoms with E-state index in [0.29, 0.717) is 16.8 Å². The summed E-state index contributed by atoms with van der Waals surface area (Å²) < 4.78 is 11.7. The standard InChI is InChI=1S/C25H22N4O3S/c1-25(2,23(30)28-24-29-26-14-33-24)21-16-9-5-7-11-20(16)32-22-17(21)12-13-18(27-22)15-8-4-6-10-19(15)31-3/h4-14,21H,1-3H3,(H,28,29,30)/t21-/m0/s1. The monoisotopic (exact) mass is 458 g/mol. The number of anilines is 1. The van der Waals surface area contributed by atoms with E-state index >= 15 is 0 Å². The molecule has 0 radical (unpaired) electrons. The predicted octanol–water partition coefficient (Wildman–Crippen LogP) is 5.51. The van der Waals surface area contributed by atoms with Gasteiger partial charge < -0.3 is 14.8 Å². The van der Waals surface area contributed by atoms with E-state index in [4.69, 9.17) is 14.5 Å². The largest absolute Gasteiger partial charge is 0.496 e. The van der Waals surface area contributed by atoms with Crippen LogP contribution in [0.25, 0.3) is 11.3 Å². The van der Waals surface area contributed by atoms with Gasteiger partial charge in [0.2, 0.25) is 16.9 Å². The zero-order valence-electron chi connectivity index (χ0n) is 18.4. The van der Waals surface area contributed by atoms with E-state index in [9.17, 15) is 4.79 Å². The van der Waals surface area contributed by atoms with E-state index in [1.54, 1.807) is 12.6 Å². The number of rotatable bonds is 5. The molecule has 1 aliphatic heterocycles. The summed E-state index contributed by atoms with van der Waals surface area (Å²) in [5.74, 6) is 1.48. The predicted molar refractivity (Wildman–Crippen MR) is 127 cm³/mol. The fraction of sp³-hybridized carbons (Fsp3) is 0.200. The highest BCUT2D eigenvalue weighted by molar-refractivity contribution is 7.13. The van der Waals surface area contributed by atoms with Crippen LogP contribution in [0.1, 0.15) is 30.9 Å². The minimum atomic E-state index is -0.825. The smallest absolute Gasteiger partial charge is 0.232 e. The molecule has 0 bridgehead atoms. The summed E-state index contributed by atoms with van der Waals surface area (Å²) in [7, 11) is 1.64. The zero-order valence-corrected chi connectivity index (χ0v) is 19.2. The lowest BCUT2D eigenvalue weighted by Crippen LogP contribution is -2.38. The lowest BCUT2D eigenvalue weighted by atomic mass is 9.69. The topological polar surface area (TPSA) is 86.2 Å². The number of nitrogens with zero attached hydrogens (tertiary/aromatic N) is 3. The minimum absolute atomic E-state index is 0.152. The van der Waals surface area contributed by atoms with Gasteiger partial charge in [0.25, 0.3) is 0 Å². The molecule has 5 rings (SSSR count). The SMILES string of the molecule is COc1ccccc1-c1ccc2c(n1)Oc1ccccc1[C@@H]2C(C)(C)C(=O)Nc1nncs1. The number of methoxy groups -OCH3 is 1. The van der Waals surface area contributed by atoms with Gasteiger partial charge in [0.1, 0.15) is 17.0 Å². The van der Waals surface area contributed by atoms with E-state index in [0.717, 1.165) is 28.1 Å². The molecule has 0 fully saturated rings. The number of amides is 1. The molecule has 1 amide bonds. The average molecular weight is 459 g/mol. The normalized spacial score (nSPS) is 14.6. The van der Waals surface area contributed by atoms with Gasteiger partial charge in [0.05, 0.1) is 18.2 Å². The van der Waals surface area contributed by atoms with Crippen LogP contribution in [-0.4, -0.2) is 28.2 Å². The molecule has 1 N–H and O–H groups in total. The van der Waals surface area contributed by atoms with E-state index in [-0.39, 0.29) is 11.8 Å². The first-order valence-electron chi connectivity index (χ1n) is 10.5. The van der Waals surface area contributed by atoms with Gasteiger partial charge >= 0.3 is 0 Å². The molecule has 0 aliphatic carbocycles. The number of hydrogen-bond donors (Lipinski definition) is 1. The summed E-state index contributed by atoms with van der Waals surface area (Å²) in [5, 5.41) is 11.1. The molecule has 2 aromatic heterocycles. The van der Waals surface area contributed by atoms with Gasteiger partial charge in [-0.3, -0.25) is 4.79 Å². The Morgan fingerprint density at radius 2 is 1.85 bits per heavy atom. The molecule has 0 saturated carbocycles. The Balaban J connectivity index is 1.60. The Hall–Kier alpha value is -3.78. The van der Waals surface area contributed by atoms with Crippen LogP contribution in [0, 0.1) is 5.41 Å². The number of nitrogens with one attached hydrogen (secondary N) is 1. The van der Waals surface area contributed by atoms with Crippen LogP contribution in [0.15, 0.2) is 66.2 Å². The molecule has 166 valence electrons. The maximum Gasteiger partial charge on any atom is 0.232 e. The summed E-state index contributed by atoms with van der Waals surface area (Å²) in [5.41, 5.74) is 4.16. The maximum absolute atomic E-state index is 13.4. The number of carbonyl (C=O) groups is 1. The third kappa shape index (κ3) is 3.72. The lowest BCUT2D eigenvalue weighted by molar-refractivity contribution is -0.124. The van der Waals surface area contributed by atoms with Gasteiger partial charge in [-0.15, -0.1) is 10.2 Å². The quantitative estimate of drug-likeness (QED) is 0.424. The van der Waals surface area contributed by atoms with Crippen molar-refractivity contribution in [2.24, 2.45) is 5.41 Å². The van der Waals surface area contributed by atoms with Crippen molar-refractivity contribution in [3.05, 3.63) is 77.3 Å². The van der Waals surface area contributed by atoms with Crippen molar-refractivity contribution in [2.45, 2.75) is 19.8 Å². The molecule has 33 heavy (non-hydrogen) atoms. The second-order valence-electron chi connectivity index (χ2n) is 8.28. The number of pyridine rings is 1. The van der Waals surface area contributed by atoms with Crippen molar-refractivity contribution >= 4 is 22.4 Å². The summed E-state index contributed by atoms with van der Waals surface area (Å²) in [6.07, 6.45) is 0. The van der Waals surface area contributed by atoms with Crippen molar-refractivity contribution in [3.8, 4) is 28.6 Å². The Kier molecular flexibility index (Phi) is 5.30. The molecule has 0 spiro atoms. The van der Waals surface area contributed by atoms with Gasteiger partial charge in [-0.2, -0.15) is 0 Å². The summed E-state index contributed by atoms with van der Waals surface area (Å²) >= 11 is 1.29. The number of aromatic nitrogens is 3. The molecular weight excluding hydrogens is 436 g/mol. The third-order valence-corrected chi connectivity index (χ3v) is 6.51. The second kappa shape index (κ2) is 8.29. The van der Waals surface area contributed by atoms with Gasteiger partial charge in [0.15, 0.2) is 0 Å². The Morgan fingerprint density at radius 1 is 1.06 bits per heavy atom. The van der Waals surface area contributed by atoms with Gasteiger partial charge in [-0.05, 0) is 24.3 Å². The fourth-order valence-electron chi connectivity index (χ4n) is 4.24. The second-order valence-corrected chi connectivity index (χ2v) is 9.12. The minimum Gasteiger partial charge on any atom is -0.496 e. The van der Waals surface area contributed by atoms with Crippen molar-refractivity contribution in [1.82, 2.24) is 15.2 Å². The maximum atomic E-state index is 13.4. The van der Waals surface area contributed by atoms with E-state index in [1.807, 2.05) is 74.5 Å². The molecule has 3 heterocycles. The number of fused-ring (bicyclic) bond motifs is 2. The fourth-order valence-corrected chi connectivity index (χ4v) is 4.68. The average Bonchev–Trinajstić information content (AvgIpc) is 3.35.